The maximum atomic E-state index is 12.6. The van der Waals surface area contributed by atoms with Crippen molar-refractivity contribution in [3.05, 3.63) is 27.7 Å². The molecule has 1 aromatic rings. The Morgan fingerprint density at radius 3 is 2.67 bits per heavy atom. The van der Waals surface area contributed by atoms with Crippen LogP contribution in [0, 0.1) is 0 Å². The molecule has 0 aromatic heterocycles. The zero-order valence-corrected chi connectivity index (χ0v) is 13.4. The molecular weight excluding hydrogens is 341 g/mol. The first-order valence-electron chi connectivity index (χ1n) is 6.08. The number of sulfonamides is 1. The van der Waals surface area contributed by atoms with Crippen LogP contribution in [0.3, 0.4) is 0 Å². The summed E-state index contributed by atoms with van der Waals surface area (Å²) < 4.78 is 31.7. The van der Waals surface area contributed by atoms with E-state index in [0.29, 0.717) is 0 Å². The third-order valence-electron chi connectivity index (χ3n) is 3.09. The summed E-state index contributed by atoms with van der Waals surface area (Å²) in [7, 11) is -3.90. The molecule has 1 atom stereocenters. The fraction of sp³-hybridized carbons (Fsp3) is 0.417. The first-order chi connectivity index (χ1) is 9.75. The van der Waals surface area contributed by atoms with Gasteiger partial charge in [-0.1, -0.05) is 23.2 Å². The quantitative estimate of drug-likeness (QED) is 0.899. The van der Waals surface area contributed by atoms with Gasteiger partial charge in [-0.05, 0) is 19.1 Å². The molecule has 1 N–H and O–H groups in total. The van der Waals surface area contributed by atoms with Crippen molar-refractivity contribution < 1.29 is 23.1 Å². The van der Waals surface area contributed by atoms with Crippen LogP contribution in [0.4, 0.5) is 0 Å². The fourth-order valence-corrected chi connectivity index (χ4v) is 4.47. The summed E-state index contributed by atoms with van der Waals surface area (Å²) in [6.45, 7) is 2.41. The Balaban J connectivity index is 2.50. The molecule has 1 saturated heterocycles. The van der Waals surface area contributed by atoms with Crippen LogP contribution < -0.4 is 0 Å². The Morgan fingerprint density at radius 1 is 1.43 bits per heavy atom. The number of benzene rings is 1. The zero-order chi connectivity index (χ0) is 15.8. The van der Waals surface area contributed by atoms with Crippen LogP contribution in [0.1, 0.15) is 17.3 Å². The van der Waals surface area contributed by atoms with E-state index in [-0.39, 0.29) is 40.7 Å². The molecule has 0 saturated carbocycles. The molecule has 0 spiro atoms. The number of ether oxygens (including phenoxy) is 1. The van der Waals surface area contributed by atoms with Gasteiger partial charge in [-0.2, -0.15) is 4.31 Å². The lowest BCUT2D eigenvalue weighted by molar-refractivity contribution is 0.0102. The number of nitrogens with zero attached hydrogens (tertiary/aromatic N) is 1. The van der Waals surface area contributed by atoms with Gasteiger partial charge in [-0.15, -0.1) is 0 Å². The lowest BCUT2D eigenvalue weighted by Crippen LogP contribution is -2.44. The topological polar surface area (TPSA) is 83.9 Å². The first-order valence-corrected chi connectivity index (χ1v) is 8.27. The number of carboxylic acid groups (broad SMARTS) is 1. The van der Waals surface area contributed by atoms with Crippen molar-refractivity contribution in [2.75, 3.05) is 19.7 Å². The molecule has 21 heavy (non-hydrogen) atoms. The summed E-state index contributed by atoms with van der Waals surface area (Å²) in [5, 5.41) is 8.60. The molecule has 0 bridgehead atoms. The molecule has 2 rings (SSSR count). The van der Waals surface area contributed by atoms with Gasteiger partial charge in [0.25, 0.3) is 0 Å². The summed E-state index contributed by atoms with van der Waals surface area (Å²) in [5.41, 5.74) is -0.416. The molecular formula is C12H13Cl2NO5S. The number of carbonyl (C=O) groups is 1. The van der Waals surface area contributed by atoms with Gasteiger partial charge in [-0.25, -0.2) is 13.2 Å². The molecule has 1 heterocycles. The van der Waals surface area contributed by atoms with Gasteiger partial charge in [0.05, 0.1) is 28.3 Å². The SMILES string of the molecule is CC1CN(S(=O)(=O)c2ccc(Cl)c(C(=O)O)c2Cl)CCO1. The minimum atomic E-state index is -3.90. The van der Waals surface area contributed by atoms with E-state index in [1.54, 1.807) is 6.92 Å². The Hall–Kier alpha value is -0.860. The third-order valence-corrected chi connectivity index (χ3v) is 5.82. The molecule has 1 aromatic carbocycles. The molecule has 1 aliphatic heterocycles. The third kappa shape index (κ3) is 3.17. The highest BCUT2D eigenvalue weighted by Crippen LogP contribution is 2.33. The second-order valence-electron chi connectivity index (χ2n) is 4.58. The second kappa shape index (κ2) is 6.10. The number of rotatable bonds is 3. The maximum absolute atomic E-state index is 12.6. The van der Waals surface area contributed by atoms with Crippen LogP contribution in [0.25, 0.3) is 0 Å². The summed E-state index contributed by atoms with van der Waals surface area (Å²) >= 11 is 11.7. The van der Waals surface area contributed by atoms with Crippen LogP contribution in [0.15, 0.2) is 17.0 Å². The Kier molecular flexibility index (Phi) is 4.79. The normalized spacial score (nSPS) is 20.4. The van der Waals surface area contributed by atoms with E-state index >= 15 is 0 Å². The first kappa shape index (κ1) is 16.5. The van der Waals surface area contributed by atoms with Gasteiger partial charge in [0.1, 0.15) is 4.90 Å². The van der Waals surface area contributed by atoms with E-state index in [1.165, 1.54) is 16.4 Å². The second-order valence-corrected chi connectivity index (χ2v) is 7.28. The van der Waals surface area contributed by atoms with Crippen LogP contribution in [0.2, 0.25) is 10.0 Å². The molecule has 1 fully saturated rings. The summed E-state index contributed by atoms with van der Waals surface area (Å²) in [6, 6.07) is 2.43. The van der Waals surface area contributed by atoms with Gasteiger partial charge in [-0.3, -0.25) is 0 Å². The Bertz CT molecular complexity index is 676. The number of morpholine rings is 1. The van der Waals surface area contributed by atoms with Crippen molar-refractivity contribution >= 4 is 39.2 Å². The zero-order valence-electron chi connectivity index (χ0n) is 11.0. The van der Waals surface area contributed by atoms with E-state index in [2.05, 4.69) is 0 Å². The largest absolute Gasteiger partial charge is 0.478 e. The number of carboxylic acids is 1. The molecule has 0 radical (unpaired) electrons. The Labute approximate surface area is 132 Å². The van der Waals surface area contributed by atoms with Crippen LogP contribution in [-0.2, 0) is 14.8 Å². The van der Waals surface area contributed by atoms with E-state index in [9.17, 15) is 13.2 Å². The number of aromatic carboxylic acids is 1. The number of halogens is 2. The highest BCUT2D eigenvalue weighted by molar-refractivity contribution is 7.89. The van der Waals surface area contributed by atoms with Crippen molar-refractivity contribution in [3.8, 4) is 0 Å². The van der Waals surface area contributed by atoms with Gasteiger partial charge in [0, 0.05) is 13.1 Å². The molecule has 0 aliphatic carbocycles. The average Bonchev–Trinajstić information content (AvgIpc) is 2.37. The van der Waals surface area contributed by atoms with Gasteiger partial charge in [0.15, 0.2) is 0 Å². The molecule has 116 valence electrons. The van der Waals surface area contributed by atoms with Gasteiger partial charge < -0.3 is 9.84 Å². The minimum Gasteiger partial charge on any atom is -0.478 e. The monoisotopic (exact) mass is 353 g/mol. The standard InChI is InChI=1S/C12H13Cl2NO5S/c1-7-6-15(4-5-20-7)21(18,19)9-3-2-8(13)10(11(9)14)12(16)17/h2-3,7H,4-6H2,1H3,(H,16,17). The lowest BCUT2D eigenvalue weighted by Gasteiger charge is -2.30. The van der Waals surface area contributed by atoms with E-state index in [0.717, 1.165) is 0 Å². The average molecular weight is 354 g/mol. The fourth-order valence-electron chi connectivity index (χ4n) is 2.07. The molecule has 6 nitrogen and oxygen atoms in total. The molecule has 0 amide bonds. The summed E-state index contributed by atoms with van der Waals surface area (Å²) in [6.07, 6.45) is -0.237. The van der Waals surface area contributed by atoms with Crippen LogP contribution >= 0.6 is 23.2 Å². The van der Waals surface area contributed by atoms with Gasteiger partial charge in [0.2, 0.25) is 10.0 Å². The van der Waals surface area contributed by atoms with Crippen molar-refractivity contribution in [1.29, 1.82) is 0 Å². The predicted octanol–water partition coefficient (Wildman–Crippen LogP) is 2.10. The smallest absolute Gasteiger partial charge is 0.338 e. The van der Waals surface area contributed by atoms with Crippen LogP contribution in [0.5, 0.6) is 0 Å². The highest BCUT2D eigenvalue weighted by atomic mass is 35.5. The lowest BCUT2D eigenvalue weighted by atomic mass is 10.2. The van der Waals surface area contributed by atoms with Crippen molar-refractivity contribution in [2.45, 2.75) is 17.9 Å². The van der Waals surface area contributed by atoms with E-state index in [4.69, 9.17) is 33.0 Å². The predicted molar refractivity (Wildman–Crippen MR) is 77.6 cm³/mol. The maximum Gasteiger partial charge on any atom is 0.338 e. The minimum absolute atomic E-state index is 0.109. The number of hydrogen-bond donors (Lipinski definition) is 1. The highest BCUT2D eigenvalue weighted by Gasteiger charge is 2.32. The summed E-state index contributed by atoms with van der Waals surface area (Å²) in [4.78, 5) is 10.9. The molecule has 1 aliphatic rings. The summed E-state index contributed by atoms with van der Waals surface area (Å²) in [5.74, 6) is -1.38. The van der Waals surface area contributed by atoms with Crippen molar-refractivity contribution in [1.82, 2.24) is 4.31 Å². The van der Waals surface area contributed by atoms with Crippen LogP contribution in [-0.4, -0.2) is 49.6 Å². The Morgan fingerprint density at radius 2 is 2.10 bits per heavy atom. The number of hydrogen-bond acceptors (Lipinski definition) is 4. The van der Waals surface area contributed by atoms with E-state index < -0.39 is 21.6 Å². The van der Waals surface area contributed by atoms with Gasteiger partial charge >= 0.3 is 5.97 Å². The van der Waals surface area contributed by atoms with Crippen molar-refractivity contribution in [3.63, 3.8) is 0 Å². The molecule has 1 unspecified atom stereocenters. The van der Waals surface area contributed by atoms with E-state index in [1.807, 2.05) is 0 Å². The van der Waals surface area contributed by atoms with Crippen molar-refractivity contribution in [2.24, 2.45) is 0 Å². The molecule has 9 heteroatoms.